The Labute approximate surface area is 256 Å². The van der Waals surface area contributed by atoms with Gasteiger partial charge in [-0.15, -0.1) is 0 Å². The Morgan fingerprint density at radius 1 is 0.850 bits per heavy atom. The van der Waals surface area contributed by atoms with Gasteiger partial charge in [-0.3, -0.25) is 4.79 Å². The van der Waals surface area contributed by atoms with E-state index >= 15 is 0 Å². The molecule has 0 aliphatic heterocycles. The maximum absolute atomic E-state index is 12.8. The number of amides is 1. The quantitative estimate of drug-likeness (QED) is 0.136. The van der Waals surface area contributed by atoms with Gasteiger partial charge in [0.25, 0.3) is 5.91 Å². The fourth-order valence-electron chi connectivity index (χ4n) is 4.69. The highest BCUT2D eigenvalue weighted by Crippen LogP contribution is 2.30. The Balaban J connectivity index is 0.00000560. The number of halogens is 1. The van der Waals surface area contributed by atoms with Crippen LogP contribution in [-0.2, 0) is 6.54 Å². The van der Waals surface area contributed by atoms with Crippen molar-refractivity contribution in [1.82, 2.24) is 0 Å². The third-order valence-electron chi connectivity index (χ3n) is 7.13. The SMILES string of the molecule is CCCCCCCCCCCCCCOc1ccc(NC(=O)c2ccc(C[n+]3ccsc3C)cc2)cc1OC.[Br-]. The van der Waals surface area contributed by atoms with Gasteiger partial charge < -0.3 is 31.8 Å². The average Bonchev–Trinajstić information content (AvgIpc) is 3.36. The molecule has 3 aromatic rings. The molecule has 0 radical (unpaired) electrons. The van der Waals surface area contributed by atoms with Crippen LogP contribution in [0.1, 0.15) is 105 Å². The van der Waals surface area contributed by atoms with Gasteiger partial charge in [-0.1, -0.05) is 101 Å². The molecule has 220 valence electrons. The second-order valence-electron chi connectivity index (χ2n) is 10.3. The van der Waals surface area contributed by atoms with Crippen molar-refractivity contribution in [3.05, 3.63) is 70.2 Å². The first-order valence-corrected chi connectivity index (χ1v) is 15.6. The largest absolute Gasteiger partial charge is 1.00 e. The van der Waals surface area contributed by atoms with Gasteiger partial charge in [0.15, 0.2) is 24.2 Å². The Morgan fingerprint density at radius 2 is 1.48 bits per heavy atom. The first kappa shape index (κ1) is 33.8. The van der Waals surface area contributed by atoms with Crippen molar-refractivity contribution in [1.29, 1.82) is 0 Å². The lowest BCUT2D eigenvalue weighted by molar-refractivity contribution is -0.689. The minimum absolute atomic E-state index is 0. The van der Waals surface area contributed by atoms with E-state index in [9.17, 15) is 4.79 Å². The molecule has 5 nitrogen and oxygen atoms in total. The van der Waals surface area contributed by atoms with Gasteiger partial charge in [-0.05, 0) is 30.7 Å². The van der Waals surface area contributed by atoms with Crippen LogP contribution < -0.4 is 36.3 Å². The second-order valence-corrected chi connectivity index (χ2v) is 11.4. The van der Waals surface area contributed by atoms with Crippen molar-refractivity contribution in [2.45, 2.75) is 97.4 Å². The lowest BCUT2D eigenvalue weighted by atomic mass is 10.1. The molecule has 40 heavy (non-hydrogen) atoms. The zero-order valence-electron chi connectivity index (χ0n) is 24.6. The van der Waals surface area contributed by atoms with Crippen molar-refractivity contribution >= 4 is 22.9 Å². The lowest BCUT2D eigenvalue weighted by Gasteiger charge is -2.13. The Hall–Kier alpha value is -2.38. The number of ether oxygens (including phenoxy) is 2. The summed E-state index contributed by atoms with van der Waals surface area (Å²) in [5.41, 5.74) is 2.47. The van der Waals surface area contributed by atoms with Crippen LogP contribution in [0.3, 0.4) is 0 Å². The van der Waals surface area contributed by atoms with Crippen LogP contribution in [0.2, 0.25) is 0 Å². The highest BCUT2D eigenvalue weighted by Gasteiger charge is 2.12. The van der Waals surface area contributed by atoms with Crippen molar-refractivity contribution in [2.24, 2.45) is 0 Å². The van der Waals surface area contributed by atoms with Crippen LogP contribution in [0.15, 0.2) is 54.0 Å². The molecule has 0 saturated heterocycles. The molecule has 1 amide bonds. The van der Waals surface area contributed by atoms with Crippen molar-refractivity contribution < 1.29 is 35.8 Å². The van der Waals surface area contributed by atoms with Gasteiger partial charge in [0.2, 0.25) is 5.01 Å². The van der Waals surface area contributed by atoms with Gasteiger partial charge in [0.1, 0.15) is 0 Å². The fourth-order valence-corrected chi connectivity index (χ4v) is 5.36. The van der Waals surface area contributed by atoms with E-state index in [0.29, 0.717) is 29.4 Å². The van der Waals surface area contributed by atoms with Crippen molar-refractivity contribution in [3.8, 4) is 11.5 Å². The Morgan fingerprint density at radius 3 is 2.05 bits per heavy atom. The zero-order chi connectivity index (χ0) is 27.7. The molecule has 2 aromatic carbocycles. The molecule has 1 aromatic heterocycles. The normalized spacial score (nSPS) is 10.7. The maximum atomic E-state index is 12.8. The first-order chi connectivity index (χ1) is 19.1. The molecular weight excluding hydrogens is 584 g/mol. The lowest BCUT2D eigenvalue weighted by Crippen LogP contribution is -3.00. The summed E-state index contributed by atoms with van der Waals surface area (Å²) >= 11 is 1.73. The predicted molar refractivity (Wildman–Crippen MR) is 162 cm³/mol. The number of aryl methyl sites for hydroxylation is 1. The maximum Gasteiger partial charge on any atom is 0.255 e. The number of aromatic nitrogens is 1. The predicted octanol–water partition coefficient (Wildman–Crippen LogP) is 5.74. The summed E-state index contributed by atoms with van der Waals surface area (Å²) in [6.07, 6.45) is 18.0. The van der Waals surface area contributed by atoms with Gasteiger partial charge >= 0.3 is 0 Å². The number of hydrogen-bond donors (Lipinski definition) is 1. The van der Waals surface area contributed by atoms with E-state index < -0.39 is 0 Å². The summed E-state index contributed by atoms with van der Waals surface area (Å²) in [5.74, 6) is 1.20. The number of nitrogens with one attached hydrogen (secondary N) is 1. The molecule has 1 heterocycles. The number of rotatable bonds is 19. The molecule has 0 fully saturated rings. The zero-order valence-corrected chi connectivity index (χ0v) is 27.0. The smallest absolute Gasteiger partial charge is 0.255 e. The molecular formula is C33H47BrN2O3S. The minimum atomic E-state index is -0.145. The molecule has 7 heteroatoms. The fraction of sp³-hybridized carbons (Fsp3) is 0.515. The Bertz CT molecular complexity index is 1120. The molecule has 0 unspecified atom stereocenters. The van der Waals surface area contributed by atoms with E-state index in [1.54, 1.807) is 18.4 Å². The molecule has 0 spiro atoms. The molecule has 0 aliphatic rings. The molecule has 0 aliphatic carbocycles. The van der Waals surface area contributed by atoms with Gasteiger partial charge in [-0.2, -0.15) is 4.57 Å². The van der Waals surface area contributed by atoms with Crippen molar-refractivity contribution in [2.75, 3.05) is 19.0 Å². The van der Waals surface area contributed by atoms with Crippen LogP contribution in [-0.4, -0.2) is 19.6 Å². The van der Waals surface area contributed by atoms with E-state index in [4.69, 9.17) is 9.47 Å². The van der Waals surface area contributed by atoms with Crippen LogP contribution >= 0.6 is 11.3 Å². The number of unbranched alkanes of at least 4 members (excludes halogenated alkanes) is 11. The molecule has 0 saturated carbocycles. The number of benzene rings is 2. The number of thiazole rings is 1. The van der Waals surface area contributed by atoms with E-state index in [1.807, 2.05) is 42.5 Å². The van der Waals surface area contributed by atoms with E-state index in [2.05, 4.69) is 35.3 Å². The van der Waals surface area contributed by atoms with Crippen molar-refractivity contribution in [3.63, 3.8) is 0 Å². The number of carbonyl (C=O) groups excluding carboxylic acids is 1. The third-order valence-corrected chi connectivity index (χ3v) is 7.96. The number of hydrogen-bond acceptors (Lipinski definition) is 4. The van der Waals surface area contributed by atoms with E-state index in [0.717, 1.165) is 18.5 Å². The van der Waals surface area contributed by atoms with Gasteiger partial charge in [-0.25, -0.2) is 0 Å². The van der Waals surface area contributed by atoms with Gasteiger partial charge in [0, 0.05) is 29.8 Å². The summed E-state index contributed by atoms with van der Waals surface area (Å²) in [5, 5.41) is 6.31. The van der Waals surface area contributed by atoms with Crippen LogP contribution in [0.4, 0.5) is 5.69 Å². The molecule has 0 atom stereocenters. The Kier molecular flexibility index (Phi) is 16.6. The summed E-state index contributed by atoms with van der Waals surface area (Å²) in [7, 11) is 1.63. The second kappa shape index (κ2) is 19.7. The summed E-state index contributed by atoms with van der Waals surface area (Å²) in [4.78, 5) is 12.8. The minimum Gasteiger partial charge on any atom is -1.00 e. The highest BCUT2D eigenvalue weighted by molar-refractivity contribution is 7.09. The monoisotopic (exact) mass is 630 g/mol. The highest BCUT2D eigenvalue weighted by atomic mass is 79.9. The number of methoxy groups -OCH3 is 1. The number of anilines is 1. The van der Waals surface area contributed by atoms with Gasteiger partial charge in [0.05, 0.1) is 19.1 Å². The first-order valence-electron chi connectivity index (χ1n) is 14.8. The van der Waals surface area contributed by atoms with E-state index in [1.165, 1.54) is 75.6 Å². The average molecular weight is 632 g/mol. The topological polar surface area (TPSA) is 51.4 Å². The molecule has 0 bridgehead atoms. The third kappa shape index (κ3) is 12.0. The molecule has 3 rings (SSSR count). The standard InChI is InChI=1S/C33H46N2O3S.BrH/c1-4-5-6-7-8-9-10-11-12-13-14-15-23-38-31-21-20-30(25-32(31)37-3)34-33(36)29-18-16-28(17-19-29)26-35-22-24-39-27(35)2;/h16-22,24-25H,4-15,23,26H2,1-3H3;1H. The summed E-state index contributed by atoms with van der Waals surface area (Å²) < 4.78 is 13.7. The summed E-state index contributed by atoms with van der Waals surface area (Å²) in [6.45, 7) is 5.86. The number of carbonyl (C=O) groups is 1. The van der Waals surface area contributed by atoms with Crippen LogP contribution in [0.5, 0.6) is 11.5 Å². The summed E-state index contributed by atoms with van der Waals surface area (Å²) in [6, 6.07) is 13.3. The molecule has 1 N–H and O–H groups in total. The van der Waals surface area contributed by atoms with E-state index in [-0.39, 0.29) is 22.9 Å². The van der Waals surface area contributed by atoms with Crippen LogP contribution in [0.25, 0.3) is 0 Å². The van der Waals surface area contributed by atoms with Crippen LogP contribution in [0, 0.1) is 6.92 Å². The number of nitrogens with zero attached hydrogens (tertiary/aromatic N) is 1.